The van der Waals surface area contributed by atoms with Crippen LogP contribution in [0, 0.1) is 0 Å². The van der Waals surface area contributed by atoms with Crippen molar-refractivity contribution in [1.82, 2.24) is 20.9 Å². The smallest absolute Gasteiger partial charge is 0.326 e. The molecule has 14 heteroatoms. The molecule has 3 rings (SSSR count). The third kappa shape index (κ3) is 9.94. The van der Waals surface area contributed by atoms with E-state index >= 15 is 0 Å². The van der Waals surface area contributed by atoms with Gasteiger partial charge < -0.3 is 42.6 Å². The summed E-state index contributed by atoms with van der Waals surface area (Å²) in [6, 6.07) is 10.7. The van der Waals surface area contributed by atoms with Crippen LogP contribution in [0.4, 0.5) is 0 Å². The maximum absolute atomic E-state index is 13.5. The van der Waals surface area contributed by atoms with Crippen LogP contribution < -0.4 is 27.4 Å². The lowest BCUT2D eigenvalue weighted by Gasteiger charge is -2.25. The Morgan fingerprint density at radius 2 is 1.34 bits per heavy atom. The molecule has 1 aromatic heterocycles. The van der Waals surface area contributed by atoms with Crippen LogP contribution in [0.2, 0.25) is 0 Å². The molecule has 4 amide bonds. The van der Waals surface area contributed by atoms with E-state index in [1.807, 2.05) is 18.2 Å². The zero-order valence-corrected chi connectivity index (χ0v) is 23.8. The fraction of sp³-hybridized carbons (Fsp3) is 0.333. The Morgan fingerprint density at radius 3 is 2.00 bits per heavy atom. The van der Waals surface area contributed by atoms with Gasteiger partial charge >= 0.3 is 11.9 Å². The lowest BCUT2D eigenvalue weighted by Crippen LogP contribution is -2.58. The van der Waals surface area contributed by atoms with E-state index in [1.54, 1.807) is 42.6 Å². The van der Waals surface area contributed by atoms with E-state index in [0.29, 0.717) is 11.1 Å². The molecule has 234 valence electrons. The molecule has 0 fully saturated rings. The zero-order chi connectivity index (χ0) is 32.2. The first-order valence-electron chi connectivity index (χ1n) is 13.9. The number of primary amides is 1. The number of carboxylic acids is 2. The number of nitrogens with one attached hydrogen (secondary N) is 4. The number of aromatic amines is 1. The van der Waals surface area contributed by atoms with E-state index in [0.717, 1.165) is 10.9 Å². The van der Waals surface area contributed by atoms with Gasteiger partial charge in [-0.05, 0) is 30.0 Å². The number of rotatable bonds is 17. The first-order valence-corrected chi connectivity index (χ1v) is 13.9. The van der Waals surface area contributed by atoms with Crippen LogP contribution in [0.3, 0.4) is 0 Å². The fourth-order valence-electron chi connectivity index (χ4n) is 4.57. The van der Waals surface area contributed by atoms with Crippen molar-refractivity contribution < 1.29 is 39.0 Å². The number of fused-ring (bicyclic) bond motifs is 1. The molecule has 4 atom stereocenters. The molecule has 0 aliphatic heterocycles. The molecule has 0 saturated carbocycles. The van der Waals surface area contributed by atoms with Crippen molar-refractivity contribution in [1.29, 1.82) is 0 Å². The minimum atomic E-state index is -1.38. The number of amides is 4. The normalized spacial score (nSPS) is 13.7. The van der Waals surface area contributed by atoms with Gasteiger partial charge in [0.1, 0.15) is 18.1 Å². The molecule has 3 aromatic rings. The van der Waals surface area contributed by atoms with Crippen molar-refractivity contribution in [2.75, 3.05) is 0 Å². The second kappa shape index (κ2) is 15.8. The van der Waals surface area contributed by atoms with Gasteiger partial charge in [0.25, 0.3) is 0 Å². The molecule has 0 saturated heterocycles. The summed E-state index contributed by atoms with van der Waals surface area (Å²) in [6.45, 7) is 0. The molecular formula is C30H36N6O8. The summed E-state index contributed by atoms with van der Waals surface area (Å²) >= 11 is 0. The average molecular weight is 609 g/mol. The molecule has 0 aliphatic rings. The maximum Gasteiger partial charge on any atom is 0.326 e. The number of carbonyl (C=O) groups is 6. The van der Waals surface area contributed by atoms with Gasteiger partial charge in [-0.1, -0.05) is 48.5 Å². The third-order valence-electron chi connectivity index (χ3n) is 6.95. The Morgan fingerprint density at radius 1 is 0.727 bits per heavy atom. The maximum atomic E-state index is 13.5. The van der Waals surface area contributed by atoms with Gasteiger partial charge in [-0.15, -0.1) is 0 Å². The number of hydrogen-bond acceptors (Lipinski definition) is 7. The van der Waals surface area contributed by atoms with Crippen LogP contribution in [0.25, 0.3) is 10.9 Å². The molecule has 0 radical (unpaired) electrons. The molecule has 44 heavy (non-hydrogen) atoms. The third-order valence-corrected chi connectivity index (χ3v) is 6.95. The van der Waals surface area contributed by atoms with Crippen molar-refractivity contribution in [3.63, 3.8) is 0 Å². The number of aromatic nitrogens is 1. The summed E-state index contributed by atoms with van der Waals surface area (Å²) in [6.07, 6.45) is 0.511. The highest BCUT2D eigenvalue weighted by molar-refractivity contribution is 5.95. The van der Waals surface area contributed by atoms with Gasteiger partial charge in [0, 0.05) is 42.8 Å². The number of para-hydroxylation sites is 1. The van der Waals surface area contributed by atoms with Gasteiger partial charge in [-0.2, -0.15) is 0 Å². The number of carboxylic acid groups (broad SMARTS) is 2. The van der Waals surface area contributed by atoms with Gasteiger partial charge in [-0.3, -0.25) is 24.0 Å². The average Bonchev–Trinajstić information content (AvgIpc) is 3.40. The van der Waals surface area contributed by atoms with Gasteiger partial charge in [0.05, 0.1) is 6.04 Å². The van der Waals surface area contributed by atoms with Crippen LogP contribution in [0.5, 0.6) is 0 Å². The molecule has 14 nitrogen and oxygen atoms in total. The molecule has 2 aromatic carbocycles. The van der Waals surface area contributed by atoms with Crippen LogP contribution in [-0.4, -0.2) is 74.9 Å². The number of H-pyrrole nitrogens is 1. The highest BCUT2D eigenvalue weighted by Gasteiger charge is 2.31. The standard InChI is InChI=1S/C30H36N6O8/c31-20(10-13-26(38)39)27(40)35-23(14-17-6-2-1-3-7-17)29(42)34-22(11-12-25(32)37)28(41)36-24(30(43)44)15-18-16-33-21-9-5-4-8-19(18)21/h1-9,16,20,22-24,33H,10-15,31H2,(H2,32,37)(H,34,42)(H,35,40)(H,36,41)(H,38,39)(H,43,44). The second-order valence-electron chi connectivity index (χ2n) is 10.3. The molecule has 0 spiro atoms. The Hall–Kier alpha value is -5.24. The predicted octanol–water partition coefficient (Wildman–Crippen LogP) is -0.0503. The van der Waals surface area contributed by atoms with E-state index in [2.05, 4.69) is 20.9 Å². The van der Waals surface area contributed by atoms with Crippen molar-refractivity contribution >= 4 is 46.5 Å². The lowest BCUT2D eigenvalue weighted by molar-refractivity contribution is -0.142. The summed E-state index contributed by atoms with van der Waals surface area (Å²) in [5, 5.41) is 27.0. The predicted molar refractivity (Wildman–Crippen MR) is 159 cm³/mol. The van der Waals surface area contributed by atoms with Crippen LogP contribution in [0.15, 0.2) is 60.8 Å². The Balaban J connectivity index is 1.79. The van der Waals surface area contributed by atoms with E-state index in [9.17, 15) is 33.9 Å². The molecular weight excluding hydrogens is 572 g/mol. The number of aliphatic carboxylic acids is 2. The summed E-state index contributed by atoms with van der Waals surface area (Å²) in [4.78, 5) is 77.2. The second-order valence-corrected chi connectivity index (χ2v) is 10.3. The minimum Gasteiger partial charge on any atom is -0.481 e. The fourth-order valence-corrected chi connectivity index (χ4v) is 4.57. The Kier molecular flexibility index (Phi) is 12.0. The summed E-state index contributed by atoms with van der Waals surface area (Å²) < 4.78 is 0. The van der Waals surface area contributed by atoms with Crippen LogP contribution in [-0.2, 0) is 41.6 Å². The topological polar surface area (TPSA) is 247 Å². The first-order chi connectivity index (χ1) is 20.9. The van der Waals surface area contributed by atoms with E-state index in [-0.39, 0.29) is 38.5 Å². The van der Waals surface area contributed by atoms with Crippen LogP contribution >= 0.6 is 0 Å². The van der Waals surface area contributed by atoms with Gasteiger partial charge in [-0.25, -0.2) is 4.79 Å². The monoisotopic (exact) mass is 608 g/mol. The summed E-state index contributed by atoms with van der Waals surface area (Å²) in [7, 11) is 0. The molecule has 1 heterocycles. The highest BCUT2D eigenvalue weighted by Crippen LogP contribution is 2.19. The zero-order valence-electron chi connectivity index (χ0n) is 23.8. The van der Waals surface area contributed by atoms with Crippen LogP contribution in [0.1, 0.15) is 36.8 Å². The number of benzene rings is 2. The SMILES string of the molecule is NC(=O)CCC(NC(=O)C(Cc1ccccc1)NC(=O)C(N)CCC(=O)O)C(=O)NC(Cc1c[nH]c2ccccc12)C(=O)O. The Labute approximate surface area is 252 Å². The van der Waals surface area contributed by atoms with E-state index < -0.39 is 59.7 Å². The van der Waals surface area contributed by atoms with Crippen molar-refractivity contribution in [2.24, 2.45) is 11.5 Å². The number of hydrogen-bond donors (Lipinski definition) is 8. The van der Waals surface area contributed by atoms with Gasteiger partial charge in [0.15, 0.2) is 0 Å². The Bertz CT molecular complexity index is 1490. The number of nitrogens with two attached hydrogens (primary N) is 2. The molecule has 0 aliphatic carbocycles. The summed E-state index contributed by atoms with van der Waals surface area (Å²) in [5.74, 6) is -5.64. The quantitative estimate of drug-likeness (QED) is 0.102. The van der Waals surface area contributed by atoms with E-state index in [1.165, 1.54) is 0 Å². The first kappa shape index (κ1) is 33.3. The molecule has 4 unspecified atom stereocenters. The van der Waals surface area contributed by atoms with Gasteiger partial charge in [0.2, 0.25) is 23.6 Å². The van der Waals surface area contributed by atoms with Crippen molar-refractivity contribution in [3.8, 4) is 0 Å². The number of carbonyl (C=O) groups excluding carboxylic acids is 4. The van der Waals surface area contributed by atoms with Crippen molar-refractivity contribution in [2.45, 2.75) is 62.7 Å². The summed E-state index contributed by atoms with van der Waals surface area (Å²) in [5.41, 5.74) is 13.2. The largest absolute Gasteiger partial charge is 0.481 e. The van der Waals surface area contributed by atoms with Crippen molar-refractivity contribution in [3.05, 3.63) is 71.9 Å². The highest BCUT2D eigenvalue weighted by atomic mass is 16.4. The lowest BCUT2D eigenvalue weighted by atomic mass is 10.0. The van der Waals surface area contributed by atoms with E-state index in [4.69, 9.17) is 16.6 Å². The molecule has 10 N–H and O–H groups in total. The minimum absolute atomic E-state index is 0.00740. The molecule has 0 bridgehead atoms.